The van der Waals surface area contributed by atoms with Crippen molar-refractivity contribution >= 4 is 11.6 Å². The lowest BCUT2D eigenvalue weighted by Gasteiger charge is -2.07. The number of halogens is 2. The summed E-state index contributed by atoms with van der Waals surface area (Å²) in [5.74, 6) is 0.319. The fourth-order valence-electron chi connectivity index (χ4n) is 1.20. The summed E-state index contributed by atoms with van der Waals surface area (Å²) in [4.78, 5) is 7.56. The number of methoxy groups -OCH3 is 1. The summed E-state index contributed by atoms with van der Waals surface area (Å²) in [7, 11) is 1.38. The van der Waals surface area contributed by atoms with Gasteiger partial charge in [0.2, 0.25) is 11.2 Å². The van der Waals surface area contributed by atoms with Crippen LogP contribution in [0, 0.1) is 5.82 Å². The third kappa shape index (κ3) is 2.82. The predicted molar refractivity (Wildman–Crippen MR) is 60.1 cm³/mol. The molecule has 0 bridgehead atoms. The molecule has 2 rings (SSSR count). The van der Waals surface area contributed by atoms with Gasteiger partial charge in [0.1, 0.15) is 5.75 Å². The molecule has 0 N–H and O–H groups in total. The first-order valence-corrected chi connectivity index (χ1v) is 5.07. The van der Waals surface area contributed by atoms with Gasteiger partial charge in [-0.2, -0.15) is 4.98 Å². The van der Waals surface area contributed by atoms with E-state index >= 15 is 0 Å². The molecule has 0 atom stereocenters. The van der Waals surface area contributed by atoms with E-state index in [1.165, 1.54) is 31.5 Å². The maximum absolute atomic E-state index is 13.1. The second kappa shape index (κ2) is 4.97. The van der Waals surface area contributed by atoms with Crippen molar-refractivity contribution in [3.63, 3.8) is 0 Å². The molecule has 0 amide bonds. The zero-order valence-electron chi connectivity index (χ0n) is 8.85. The molecular weight excluding hydrogens is 247 g/mol. The fourth-order valence-corrected chi connectivity index (χ4v) is 1.34. The third-order valence-electron chi connectivity index (χ3n) is 1.95. The Hall–Kier alpha value is -1.88. The van der Waals surface area contributed by atoms with Crippen LogP contribution in [0.15, 0.2) is 30.5 Å². The van der Waals surface area contributed by atoms with Crippen molar-refractivity contribution in [3.8, 4) is 17.4 Å². The first-order valence-electron chi connectivity index (χ1n) is 4.69. The molecule has 0 aliphatic carbocycles. The Morgan fingerprint density at radius 1 is 1.29 bits per heavy atom. The van der Waals surface area contributed by atoms with Crippen LogP contribution in [-0.4, -0.2) is 17.1 Å². The molecule has 88 valence electrons. The smallest absolute Gasteiger partial charge is 0.225 e. The maximum Gasteiger partial charge on any atom is 0.225 e. The van der Waals surface area contributed by atoms with E-state index in [2.05, 4.69) is 9.97 Å². The van der Waals surface area contributed by atoms with E-state index in [-0.39, 0.29) is 16.9 Å². The van der Waals surface area contributed by atoms with Crippen molar-refractivity contribution in [1.29, 1.82) is 0 Å². The highest BCUT2D eigenvalue weighted by Crippen LogP contribution is 2.26. The highest BCUT2D eigenvalue weighted by atomic mass is 35.5. The van der Waals surface area contributed by atoms with E-state index in [4.69, 9.17) is 21.1 Å². The van der Waals surface area contributed by atoms with E-state index in [0.717, 1.165) is 0 Å². The first-order chi connectivity index (χ1) is 8.19. The highest BCUT2D eigenvalue weighted by Gasteiger charge is 2.06. The van der Waals surface area contributed by atoms with E-state index in [0.29, 0.717) is 5.75 Å². The molecule has 1 heterocycles. The van der Waals surface area contributed by atoms with Gasteiger partial charge in [-0.3, -0.25) is 0 Å². The Kier molecular flexibility index (Phi) is 3.39. The van der Waals surface area contributed by atoms with Crippen molar-refractivity contribution in [2.75, 3.05) is 7.11 Å². The normalized spacial score (nSPS) is 10.1. The molecule has 1 aromatic heterocycles. The third-order valence-corrected chi connectivity index (χ3v) is 2.13. The van der Waals surface area contributed by atoms with Crippen LogP contribution in [0.25, 0.3) is 0 Å². The van der Waals surface area contributed by atoms with Gasteiger partial charge in [-0.05, 0) is 23.7 Å². The van der Waals surface area contributed by atoms with E-state index in [9.17, 15) is 4.39 Å². The van der Waals surface area contributed by atoms with E-state index in [1.807, 2.05) is 0 Å². The van der Waals surface area contributed by atoms with Gasteiger partial charge in [0, 0.05) is 18.3 Å². The molecule has 0 radical (unpaired) electrons. The summed E-state index contributed by atoms with van der Waals surface area (Å²) >= 11 is 5.61. The van der Waals surface area contributed by atoms with Gasteiger partial charge in [0.05, 0.1) is 7.11 Å². The van der Waals surface area contributed by atoms with Crippen LogP contribution in [0.4, 0.5) is 4.39 Å². The lowest BCUT2D eigenvalue weighted by Crippen LogP contribution is -1.92. The van der Waals surface area contributed by atoms with E-state index in [1.54, 1.807) is 6.07 Å². The predicted octanol–water partition coefficient (Wildman–Crippen LogP) is 3.07. The summed E-state index contributed by atoms with van der Waals surface area (Å²) in [5.41, 5.74) is 0. The number of hydrogen-bond acceptors (Lipinski definition) is 4. The standard InChI is InChI=1S/C11H8ClFN2O2/c1-16-9-6-7(2-3-8(9)13)17-10-4-5-14-11(12)15-10/h2-6H,1H3. The Bertz CT molecular complexity index is 537. The van der Waals surface area contributed by atoms with Crippen LogP contribution in [-0.2, 0) is 0 Å². The van der Waals surface area contributed by atoms with Crippen LogP contribution >= 0.6 is 11.6 Å². The Labute approximate surface area is 102 Å². The zero-order valence-corrected chi connectivity index (χ0v) is 9.61. The molecule has 0 saturated carbocycles. The average molecular weight is 255 g/mol. The van der Waals surface area contributed by atoms with Crippen molar-refractivity contribution in [2.45, 2.75) is 0 Å². The van der Waals surface area contributed by atoms with Crippen LogP contribution in [0.1, 0.15) is 0 Å². The molecule has 2 aromatic rings. The Balaban J connectivity index is 2.24. The van der Waals surface area contributed by atoms with Gasteiger partial charge >= 0.3 is 0 Å². The summed E-state index contributed by atoms with van der Waals surface area (Å²) in [6.45, 7) is 0. The number of hydrogen-bond donors (Lipinski definition) is 0. The van der Waals surface area contributed by atoms with Gasteiger partial charge in [-0.25, -0.2) is 9.37 Å². The SMILES string of the molecule is COc1cc(Oc2ccnc(Cl)n2)ccc1F. The quantitative estimate of drug-likeness (QED) is 0.790. The van der Waals surface area contributed by atoms with Crippen molar-refractivity contribution < 1.29 is 13.9 Å². The molecular formula is C11H8ClFN2O2. The Morgan fingerprint density at radius 3 is 2.82 bits per heavy atom. The molecule has 0 aliphatic heterocycles. The van der Waals surface area contributed by atoms with E-state index < -0.39 is 5.82 Å². The minimum absolute atomic E-state index is 0.0802. The maximum atomic E-state index is 13.1. The minimum atomic E-state index is -0.458. The van der Waals surface area contributed by atoms with Gasteiger partial charge in [0.25, 0.3) is 0 Å². The zero-order chi connectivity index (χ0) is 12.3. The first kappa shape index (κ1) is 11.6. The van der Waals surface area contributed by atoms with Crippen LogP contribution in [0.5, 0.6) is 17.4 Å². The van der Waals surface area contributed by atoms with Gasteiger partial charge < -0.3 is 9.47 Å². The summed E-state index contributed by atoms with van der Waals surface area (Å²) < 4.78 is 23.4. The van der Waals surface area contributed by atoms with Gasteiger partial charge in [-0.15, -0.1) is 0 Å². The molecule has 1 aromatic carbocycles. The average Bonchev–Trinajstić information content (AvgIpc) is 2.32. The van der Waals surface area contributed by atoms with Crippen molar-refractivity contribution in [2.24, 2.45) is 0 Å². The summed E-state index contributed by atoms with van der Waals surface area (Å²) in [5, 5.41) is 0.0802. The van der Waals surface area contributed by atoms with Gasteiger partial charge in [-0.1, -0.05) is 0 Å². The molecule has 0 unspecified atom stereocenters. The largest absolute Gasteiger partial charge is 0.494 e. The minimum Gasteiger partial charge on any atom is -0.494 e. The Morgan fingerprint density at radius 2 is 2.12 bits per heavy atom. The number of rotatable bonds is 3. The molecule has 0 spiro atoms. The van der Waals surface area contributed by atoms with Gasteiger partial charge in [0.15, 0.2) is 11.6 Å². The second-order valence-electron chi connectivity index (χ2n) is 3.06. The molecule has 17 heavy (non-hydrogen) atoms. The topological polar surface area (TPSA) is 44.2 Å². The van der Waals surface area contributed by atoms with Crippen LogP contribution in [0.2, 0.25) is 5.28 Å². The van der Waals surface area contributed by atoms with Crippen LogP contribution in [0.3, 0.4) is 0 Å². The second-order valence-corrected chi connectivity index (χ2v) is 3.40. The van der Waals surface area contributed by atoms with Crippen LogP contribution < -0.4 is 9.47 Å². The number of nitrogens with zero attached hydrogens (tertiary/aromatic N) is 2. The monoisotopic (exact) mass is 254 g/mol. The number of ether oxygens (including phenoxy) is 2. The summed E-state index contributed by atoms with van der Waals surface area (Å²) in [6, 6.07) is 5.68. The number of benzene rings is 1. The fraction of sp³-hybridized carbons (Fsp3) is 0.0909. The molecule has 6 heteroatoms. The molecule has 0 aliphatic rings. The lowest BCUT2D eigenvalue weighted by molar-refractivity contribution is 0.380. The van der Waals surface area contributed by atoms with Crippen molar-refractivity contribution in [1.82, 2.24) is 9.97 Å². The number of aromatic nitrogens is 2. The summed E-state index contributed by atoms with van der Waals surface area (Å²) in [6.07, 6.45) is 1.46. The molecule has 4 nitrogen and oxygen atoms in total. The lowest BCUT2D eigenvalue weighted by atomic mass is 10.3. The van der Waals surface area contributed by atoms with Crippen molar-refractivity contribution in [3.05, 3.63) is 41.6 Å². The molecule has 0 saturated heterocycles. The molecule has 0 fully saturated rings. The highest BCUT2D eigenvalue weighted by molar-refractivity contribution is 6.28.